The van der Waals surface area contributed by atoms with Crippen molar-refractivity contribution in [1.82, 2.24) is 9.80 Å². The molecule has 1 spiro atoms. The lowest BCUT2D eigenvalue weighted by Crippen LogP contribution is -2.48. The zero-order valence-corrected chi connectivity index (χ0v) is 16.0. The van der Waals surface area contributed by atoms with Crippen molar-refractivity contribution >= 4 is 23.4 Å². The number of hydrogen-bond donors (Lipinski definition) is 1. The van der Waals surface area contributed by atoms with E-state index in [1.807, 2.05) is 14.0 Å². The molecular weight excluding hydrogens is 346 g/mol. The van der Waals surface area contributed by atoms with E-state index in [0.29, 0.717) is 31.8 Å². The maximum Gasteiger partial charge on any atom is 0.233 e. The zero-order chi connectivity index (χ0) is 19.4. The first-order valence-corrected chi connectivity index (χ1v) is 9.49. The van der Waals surface area contributed by atoms with E-state index in [1.165, 1.54) is 0 Å². The quantitative estimate of drug-likeness (QED) is 0.800. The summed E-state index contributed by atoms with van der Waals surface area (Å²) in [5.41, 5.74) is 0.173. The molecule has 0 aliphatic carbocycles. The van der Waals surface area contributed by atoms with Crippen LogP contribution in [0.25, 0.3) is 0 Å². The lowest BCUT2D eigenvalue weighted by molar-refractivity contribution is -0.144. The van der Waals surface area contributed by atoms with Crippen LogP contribution in [0.3, 0.4) is 0 Å². The molecule has 2 saturated heterocycles. The molecule has 7 heteroatoms. The van der Waals surface area contributed by atoms with Gasteiger partial charge in [0.15, 0.2) is 0 Å². The van der Waals surface area contributed by atoms with Crippen molar-refractivity contribution in [3.8, 4) is 5.75 Å². The van der Waals surface area contributed by atoms with Gasteiger partial charge in [0.05, 0.1) is 12.0 Å². The van der Waals surface area contributed by atoms with Gasteiger partial charge in [-0.2, -0.15) is 0 Å². The number of carbonyl (C=O) groups is 3. The Morgan fingerprint density at radius 1 is 1.19 bits per heavy atom. The molecule has 1 N–H and O–H groups in total. The first kappa shape index (κ1) is 19.2. The molecule has 2 fully saturated rings. The van der Waals surface area contributed by atoms with Crippen LogP contribution in [0.1, 0.15) is 32.6 Å². The summed E-state index contributed by atoms with van der Waals surface area (Å²) in [4.78, 5) is 40.7. The number of nitrogens with zero attached hydrogens (tertiary/aromatic N) is 2. The number of hydrogen-bond acceptors (Lipinski definition) is 4. The van der Waals surface area contributed by atoms with Crippen molar-refractivity contribution in [3.63, 3.8) is 0 Å². The average molecular weight is 373 g/mol. The van der Waals surface area contributed by atoms with E-state index in [9.17, 15) is 14.4 Å². The molecule has 3 amide bonds. The highest BCUT2D eigenvalue weighted by atomic mass is 16.5. The smallest absolute Gasteiger partial charge is 0.233 e. The van der Waals surface area contributed by atoms with Gasteiger partial charge in [0.1, 0.15) is 12.2 Å². The number of ether oxygens (including phenoxy) is 1. The van der Waals surface area contributed by atoms with Gasteiger partial charge in [0, 0.05) is 32.4 Å². The van der Waals surface area contributed by atoms with Crippen molar-refractivity contribution in [2.45, 2.75) is 32.6 Å². The van der Waals surface area contributed by atoms with Crippen LogP contribution in [0.2, 0.25) is 0 Å². The number of likely N-dealkylation sites (tertiary alicyclic amines) is 2. The third kappa shape index (κ3) is 4.23. The highest BCUT2D eigenvalue weighted by molar-refractivity contribution is 6.03. The third-order valence-corrected chi connectivity index (χ3v) is 5.42. The largest absolute Gasteiger partial charge is 0.494 e. The standard InChI is InChI=1S/C20H27N3O4/c1-3-27-16-7-5-15(6-8-16)21-17(24)13-18(25)23-12-10-20(14-23)9-4-11-22(2)19(20)26/h5-8H,3-4,9-14H2,1-2H3,(H,21,24)/t20-/m0/s1. The Morgan fingerprint density at radius 3 is 2.63 bits per heavy atom. The monoisotopic (exact) mass is 373 g/mol. The number of rotatable bonds is 5. The number of piperidine rings is 1. The van der Waals surface area contributed by atoms with E-state index >= 15 is 0 Å². The number of benzene rings is 1. The first-order valence-electron chi connectivity index (χ1n) is 9.49. The molecule has 2 heterocycles. The Hall–Kier alpha value is -2.57. The number of nitrogens with one attached hydrogen (secondary N) is 1. The van der Waals surface area contributed by atoms with Gasteiger partial charge >= 0.3 is 0 Å². The van der Waals surface area contributed by atoms with Crippen molar-refractivity contribution < 1.29 is 19.1 Å². The van der Waals surface area contributed by atoms with E-state index in [0.717, 1.165) is 25.1 Å². The highest BCUT2D eigenvalue weighted by Gasteiger charge is 2.48. The topological polar surface area (TPSA) is 79.0 Å². The molecule has 1 atom stereocenters. The summed E-state index contributed by atoms with van der Waals surface area (Å²) >= 11 is 0. The van der Waals surface area contributed by atoms with Gasteiger partial charge in [-0.1, -0.05) is 0 Å². The Labute approximate surface area is 159 Å². The minimum atomic E-state index is -0.450. The lowest BCUT2D eigenvalue weighted by Gasteiger charge is -2.37. The molecule has 7 nitrogen and oxygen atoms in total. The van der Waals surface area contributed by atoms with Gasteiger partial charge in [-0.25, -0.2) is 0 Å². The summed E-state index contributed by atoms with van der Waals surface area (Å²) < 4.78 is 5.36. The number of anilines is 1. The Kier molecular flexibility index (Phi) is 5.68. The molecule has 0 radical (unpaired) electrons. The van der Waals surface area contributed by atoms with Crippen LogP contribution in [0.4, 0.5) is 5.69 Å². The van der Waals surface area contributed by atoms with Gasteiger partial charge in [0.2, 0.25) is 17.7 Å². The number of carbonyl (C=O) groups excluding carboxylic acids is 3. The molecule has 146 valence electrons. The SMILES string of the molecule is CCOc1ccc(NC(=O)CC(=O)N2CC[C@@]3(CCCN(C)C3=O)C2)cc1. The van der Waals surface area contributed by atoms with Gasteiger partial charge < -0.3 is 19.9 Å². The average Bonchev–Trinajstić information content (AvgIpc) is 3.07. The molecule has 0 unspecified atom stereocenters. The Morgan fingerprint density at radius 2 is 1.93 bits per heavy atom. The van der Waals surface area contributed by atoms with Crippen molar-refractivity contribution in [1.29, 1.82) is 0 Å². The number of amides is 3. The van der Waals surface area contributed by atoms with E-state index in [2.05, 4.69) is 5.32 Å². The summed E-state index contributed by atoms with van der Waals surface area (Å²) in [6.07, 6.45) is 2.25. The van der Waals surface area contributed by atoms with Crippen LogP contribution in [-0.4, -0.2) is 60.8 Å². The molecule has 1 aromatic carbocycles. The van der Waals surface area contributed by atoms with Gasteiger partial charge in [0.25, 0.3) is 0 Å². The second-order valence-electron chi connectivity index (χ2n) is 7.36. The summed E-state index contributed by atoms with van der Waals surface area (Å²) in [7, 11) is 1.82. The van der Waals surface area contributed by atoms with Crippen LogP contribution in [-0.2, 0) is 14.4 Å². The first-order chi connectivity index (χ1) is 12.9. The van der Waals surface area contributed by atoms with E-state index in [1.54, 1.807) is 34.1 Å². The maximum atomic E-state index is 12.6. The van der Waals surface area contributed by atoms with Crippen LogP contribution < -0.4 is 10.1 Å². The fourth-order valence-electron chi connectivity index (χ4n) is 3.99. The summed E-state index contributed by atoms with van der Waals surface area (Å²) in [5.74, 6) is 0.285. The van der Waals surface area contributed by atoms with Crippen molar-refractivity contribution in [2.24, 2.45) is 5.41 Å². The van der Waals surface area contributed by atoms with Crippen LogP contribution >= 0.6 is 0 Å². The molecule has 0 saturated carbocycles. The summed E-state index contributed by atoms with van der Waals surface area (Å²) in [5, 5.41) is 2.74. The van der Waals surface area contributed by atoms with Gasteiger partial charge in [-0.05, 0) is 50.5 Å². The fraction of sp³-hybridized carbons (Fsp3) is 0.550. The molecule has 27 heavy (non-hydrogen) atoms. The predicted molar refractivity (Wildman–Crippen MR) is 101 cm³/mol. The van der Waals surface area contributed by atoms with Crippen molar-refractivity contribution in [2.75, 3.05) is 38.6 Å². The summed E-state index contributed by atoms with van der Waals surface area (Å²) in [6, 6.07) is 7.04. The molecule has 3 rings (SSSR count). The van der Waals surface area contributed by atoms with Gasteiger partial charge in [-0.3, -0.25) is 14.4 Å². The molecule has 0 bridgehead atoms. The van der Waals surface area contributed by atoms with Crippen LogP contribution in [0.5, 0.6) is 5.75 Å². The van der Waals surface area contributed by atoms with E-state index in [-0.39, 0.29) is 24.1 Å². The van der Waals surface area contributed by atoms with E-state index in [4.69, 9.17) is 4.74 Å². The second-order valence-corrected chi connectivity index (χ2v) is 7.36. The van der Waals surface area contributed by atoms with Crippen LogP contribution in [0.15, 0.2) is 24.3 Å². The lowest BCUT2D eigenvalue weighted by atomic mass is 9.78. The molecular formula is C20H27N3O4. The van der Waals surface area contributed by atoms with Crippen LogP contribution in [0, 0.1) is 5.41 Å². The Bertz CT molecular complexity index is 718. The van der Waals surface area contributed by atoms with Gasteiger partial charge in [-0.15, -0.1) is 0 Å². The third-order valence-electron chi connectivity index (χ3n) is 5.42. The molecule has 2 aliphatic heterocycles. The maximum absolute atomic E-state index is 12.6. The summed E-state index contributed by atoms with van der Waals surface area (Å²) in [6.45, 7) is 4.22. The normalized spacial score (nSPS) is 22.2. The zero-order valence-electron chi connectivity index (χ0n) is 16.0. The molecule has 2 aliphatic rings. The molecule has 1 aromatic rings. The minimum Gasteiger partial charge on any atom is -0.494 e. The highest BCUT2D eigenvalue weighted by Crippen LogP contribution is 2.39. The van der Waals surface area contributed by atoms with Crippen molar-refractivity contribution in [3.05, 3.63) is 24.3 Å². The Balaban J connectivity index is 1.53. The predicted octanol–water partition coefficient (Wildman–Crippen LogP) is 1.88. The van der Waals surface area contributed by atoms with E-state index < -0.39 is 5.41 Å². The molecule has 0 aromatic heterocycles. The minimum absolute atomic E-state index is 0.128. The fourth-order valence-corrected chi connectivity index (χ4v) is 3.99. The second kappa shape index (κ2) is 7.98.